The Balaban J connectivity index is 2.46. The summed E-state index contributed by atoms with van der Waals surface area (Å²) >= 11 is 1.80. The number of nitrogens with zero attached hydrogens (tertiary/aromatic N) is 3. The first-order chi connectivity index (χ1) is 6.61. The summed E-state index contributed by atoms with van der Waals surface area (Å²) in [5, 5.41) is 4.17. The molecule has 0 saturated heterocycles. The Bertz CT molecular complexity index is 270. The van der Waals surface area contributed by atoms with Gasteiger partial charge < -0.3 is 5.73 Å². The van der Waals surface area contributed by atoms with Crippen LogP contribution in [0.25, 0.3) is 0 Å². The number of aromatic nitrogens is 3. The van der Waals surface area contributed by atoms with Gasteiger partial charge in [0, 0.05) is 17.8 Å². The summed E-state index contributed by atoms with van der Waals surface area (Å²) in [4.78, 5) is 4.22. The van der Waals surface area contributed by atoms with E-state index in [0.717, 1.165) is 17.3 Å². The highest BCUT2D eigenvalue weighted by Gasteiger charge is 2.07. The van der Waals surface area contributed by atoms with Crippen molar-refractivity contribution < 1.29 is 0 Å². The van der Waals surface area contributed by atoms with Crippen molar-refractivity contribution in [2.75, 3.05) is 5.75 Å². The molecule has 4 nitrogen and oxygen atoms in total. The molecular formula is C9H18N4S. The van der Waals surface area contributed by atoms with Gasteiger partial charge in [0.05, 0.1) is 5.75 Å². The largest absolute Gasteiger partial charge is 0.327 e. The normalized spacial score (nSPS) is 13.5. The van der Waals surface area contributed by atoms with Crippen LogP contribution in [0.15, 0.2) is 6.33 Å². The predicted molar refractivity (Wildman–Crippen MR) is 60.2 cm³/mol. The van der Waals surface area contributed by atoms with Crippen molar-refractivity contribution in [1.82, 2.24) is 14.8 Å². The van der Waals surface area contributed by atoms with Crippen molar-refractivity contribution in [3.63, 3.8) is 0 Å². The van der Waals surface area contributed by atoms with E-state index in [1.54, 1.807) is 18.1 Å². The number of nitrogens with two attached hydrogens (primary N) is 1. The molecule has 80 valence electrons. The highest BCUT2D eigenvalue weighted by molar-refractivity contribution is 7.98. The molecule has 5 heteroatoms. The smallest absolute Gasteiger partial charge is 0.138 e. The lowest BCUT2D eigenvalue weighted by molar-refractivity contribution is 0.514. The fourth-order valence-corrected chi connectivity index (χ4v) is 2.02. The maximum absolute atomic E-state index is 5.67. The molecule has 1 atom stereocenters. The SMILES string of the molecule is CC(N)CSCc1ncnn1C(C)C. The summed E-state index contributed by atoms with van der Waals surface area (Å²) in [6, 6.07) is 0.624. The molecule has 0 bridgehead atoms. The summed E-state index contributed by atoms with van der Waals surface area (Å²) in [5.74, 6) is 2.88. The Kier molecular flexibility index (Phi) is 4.41. The first-order valence-corrected chi connectivity index (χ1v) is 5.98. The number of rotatable bonds is 5. The molecular weight excluding hydrogens is 196 g/mol. The average molecular weight is 214 g/mol. The molecule has 1 unspecified atom stereocenters. The standard InChI is InChI=1S/C9H18N4S/c1-7(2)13-9(11-6-12-13)5-14-4-8(3)10/h6-8H,4-5,10H2,1-3H3. The van der Waals surface area contributed by atoms with E-state index < -0.39 is 0 Å². The Morgan fingerprint density at radius 3 is 2.79 bits per heavy atom. The van der Waals surface area contributed by atoms with E-state index in [4.69, 9.17) is 5.73 Å². The van der Waals surface area contributed by atoms with Crippen LogP contribution >= 0.6 is 11.8 Å². The highest BCUT2D eigenvalue weighted by Crippen LogP contribution is 2.13. The van der Waals surface area contributed by atoms with Gasteiger partial charge in [-0.05, 0) is 20.8 Å². The van der Waals surface area contributed by atoms with Gasteiger partial charge in [0.15, 0.2) is 0 Å². The molecule has 0 saturated carbocycles. The van der Waals surface area contributed by atoms with Crippen LogP contribution in [0.2, 0.25) is 0 Å². The quantitative estimate of drug-likeness (QED) is 0.806. The molecule has 0 aliphatic heterocycles. The van der Waals surface area contributed by atoms with Gasteiger partial charge in [-0.15, -0.1) is 0 Å². The fraction of sp³-hybridized carbons (Fsp3) is 0.778. The topological polar surface area (TPSA) is 56.7 Å². The van der Waals surface area contributed by atoms with E-state index in [2.05, 4.69) is 23.9 Å². The van der Waals surface area contributed by atoms with Crippen molar-refractivity contribution in [2.24, 2.45) is 5.73 Å². The molecule has 0 aliphatic rings. The van der Waals surface area contributed by atoms with Crippen molar-refractivity contribution in [2.45, 2.75) is 38.6 Å². The molecule has 1 rings (SSSR count). The molecule has 0 spiro atoms. The third kappa shape index (κ3) is 3.31. The number of hydrogen-bond donors (Lipinski definition) is 1. The molecule has 0 fully saturated rings. The highest BCUT2D eigenvalue weighted by atomic mass is 32.2. The zero-order valence-corrected chi connectivity index (χ0v) is 9.79. The molecule has 1 aromatic rings. The van der Waals surface area contributed by atoms with E-state index >= 15 is 0 Å². The monoisotopic (exact) mass is 214 g/mol. The average Bonchev–Trinajstić information content (AvgIpc) is 2.51. The van der Waals surface area contributed by atoms with Gasteiger partial charge in [-0.25, -0.2) is 9.67 Å². The van der Waals surface area contributed by atoms with E-state index in [9.17, 15) is 0 Å². The van der Waals surface area contributed by atoms with Crippen LogP contribution in [0.1, 0.15) is 32.6 Å². The van der Waals surface area contributed by atoms with E-state index in [1.165, 1.54) is 0 Å². The molecule has 2 N–H and O–H groups in total. The first kappa shape index (κ1) is 11.5. The van der Waals surface area contributed by atoms with Gasteiger partial charge in [-0.2, -0.15) is 16.9 Å². The minimum absolute atomic E-state index is 0.246. The van der Waals surface area contributed by atoms with Gasteiger partial charge in [-0.1, -0.05) is 0 Å². The van der Waals surface area contributed by atoms with E-state index in [-0.39, 0.29) is 6.04 Å². The summed E-state index contributed by atoms with van der Waals surface area (Å²) in [5.41, 5.74) is 5.67. The van der Waals surface area contributed by atoms with Crippen LogP contribution in [0.3, 0.4) is 0 Å². The van der Waals surface area contributed by atoms with Gasteiger partial charge in [-0.3, -0.25) is 0 Å². The zero-order valence-electron chi connectivity index (χ0n) is 8.97. The third-order valence-electron chi connectivity index (χ3n) is 1.75. The van der Waals surface area contributed by atoms with Gasteiger partial charge in [0.2, 0.25) is 0 Å². The molecule has 0 aliphatic carbocycles. The molecule has 0 amide bonds. The van der Waals surface area contributed by atoms with Crippen LogP contribution < -0.4 is 5.73 Å². The van der Waals surface area contributed by atoms with Crippen molar-refractivity contribution in [1.29, 1.82) is 0 Å². The number of thioether (sulfide) groups is 1. The van der Waals surface area contributed by atoms with Gasteiger partial charge in [0.1, 0.15) is 12.2 Å². The molecule has 1 aromatic heterocycles. The lowest BCUT2D eigenvalue weighted by Crippen LogP contribution is -2.18. The first-order valence-electron chi connectivity index (χ1n) is 4.83. The van der Waals surface area contributed by atoms with Gasteiger partial charge in [0.25, 0.3) is 0 Å². The van der Waals surface area contributed by atoms with Crippen molar-refractivity contribution in [3.8, 4) is 0 Å². The summed E-state index contributed by atoms with van der Waals surface area (Å²) in [6.45, 7) is 6.23. The van der Waals surface area contributed by atoms with Crippen molar-refractivity contribution >= 4 is 11.8 Å². The Labute approximate surface area is 89.3 Å². The van der Waals surface area contributed by atoms with Crippen LogP contribution in [0.5, 0.6) is 0 Å². The van der Waals surface area contributed by atoms with Crippen molar-refractivity contribution in [3.05, 3.63) is 12.2 Å². The Hall–Kier alpha value is -0.550. The van der Waals surface area contributed by atoms with Crippen LogP contribution in [0.4, 0.5) is 0 Å². The second-order valence-corrected chi connectivity index (χ2v) is 4.74. The Morgan fingerprint density at radius 1 is 1.50 bits per heavy atom. The maximum atomic E-state index is 5.67. The Morgan fingerprint density at radius 2 is 2.21 bits per heavy atom. The van der Waals surface area contributed by atoms with Crippen LogP contribution in [0, 0.1) is 0 Å². The lowest BCUT2D eigenvalue weighted by atomic mass is 10.4. The summed E-state index contributed by atoms with van der Waals surface area (Å²) in [6.07, 6.45) is 1.61. The minimum atomic E-state index is 0.246. The lowest BCUT2D eigenvalue weighted by Gasteiger charge is -2.09. The molecule has 1 heterocycles. The summed E-state index contributed by atoms with van der Waals surface area (Å²) < 4.78 is 1.95. The van der Waals surface area contributed by atoms with E-state index in [0.29, 0.717) is 6.04 Å². The molecule has 0 aromatic carbocycles. The minimum Gasteiger partial charge on any atom is -0.327 e. The fourth-order valence-electron chi connectivity index (χ4n) is 1.14. The predicted octanol–water partition coefficient (Wildman–Crippen LogP) is 1.44. The van der Waals surface area contributed by atoms with Crippen LogP contribution in [-0.2, 0) is 5.75 Å². The second kappa shape index (κ2) is 5.36. The number of hydrogen-bond acceptors (Lipinski definition) is 4. The van der Waals surface area contributed by atoms with Gasteiger partial charge >= 0.3 is 0 Å². The summed E-state index contributed by atoms with van der Waals surface area (Å²) in [7, 11) is 0. The van der Waals surface area contributed by atoms with E-state index in [1.807, 2.05) is 11.6 Å². The molecule has 14 heavy (non-hydrogen) atoms. The zero-order chi connectivity index (χ0) is 10.6. The molecule has 0 radical (unpaired) electrons. The third-order valence-corrected chi connectivity index (χ3v) is 2.97. The van der Waals surface area contributed by atoms with Crippen LogP contribution in [-0.4, -0.2) is 26.6 Å². The second-order valence-electron chi connectivity index (χ2n) is 3.71. The maximum Gasteiger partial charge on any atom is 0.138 e.